The molecule has 0 heterocycles. The van der Waals surface area contributed by atoms with E-state index in [4.69, 9.17) is 11.8 Å². The molecule has 0 atom stereocenters. The molecule has 11 heavy (non-hydrogen) atoms. The SMILES string of the molecule is O=C(CNCl)c1ccccc1. The average Bonchev–Trinajstić information content (AvgIpc) is 2.07. The lowest BCUT2D eigenvalue weighted by Gasteiger charge is -1.96. The van der Waals surface area contributed by atoms with Crippen molar-refractivity contribution < 1.29 is 4.79 Å². The first-order valence-corrected chi connectivity index (χ1v) is 3.64. The highest BCUT2D eigenvalue weighted by atomic mass is 35.5. The third kappa shape index (κ3) is 2.33. The minimum atomic E-state index is 0.000556. The van der Waals surface area contributed by atoms with E-state index in [1.165, 1.54) is 0 Å². The maximum absolute atomic E-state index is 11.1. The van der Waals surface area contributed by atoms with Crippen molar-refractivity contribution in [3.05, 3.63) is 35.9 Å². The lowest BCUT2D eigenvalue weighted by Crippen LogP contribution is -2.14. The van der Waals surface area contributed by atoms with Gasteiger partial charge in [-0.05, 0) is 11.8 Å². The first kappa shape index (κ1) is 8.24. The van der Waals surface area contributed by atoms with Crippen LogP contribution in [0.15, 0.2) is 30.3 Å². The van der Waals surface area contributed by atoms with Gasteiger partial charge in [-0.2, -0.15) is 0 Å². The summed E-state index contributed by atoms with van der Waals surface area (Å²) < 4.78 is 0. The van der Waals surface area contributed by atoms with Crippen molar-refractivity contribution in [2.45, 2.75) is 0 Å². The zero-order valence-electron chi connectivity index (χ0n) is 5.88. The van der Waals surface area contributed by atoms with Gasteiger partial charge in [-0.15, -0.1) is 0 Å². The molecule has 58 valence electrons. The minimum Gasteiger partial charge on any atom is -0.293 e. The molecule has 0 aliphatic heterocycles. The second kappa shape index (κ2) is 4.11. The van der Waals surface area contributed by atoms with Gasteiger partial charge in [0, 0.05) is 5.56 Å². The first-order chi connectivity index (χ1) is 5.34. The number of benzene rings is 1. The maximum Gasteiger partial charge on any atom is 0.177 e. The minimum absolute atomic E-state index is 0.000556. The van der Waals surface area contributed by atoms with Gasteiger partial charge in [0.2, 0.25) is 0 Å². The molecule has 0 saturated heterocycles. The van der Waals surface area contributed by atoms with E-state index in [1.54, 1.807) is 12.1 Å². The molecular weight excluding hydrogens is 162 g/mol. The fourth-order valence-corrected chi connectivity index (χ4v) is 0.908. The summed E-state index contributed by atoms with van der Waals surface area (Å²) in [6.45, 7) is 0.172. The third-order valence-electron chi connectivity index (χ3n) is 1.32. The number of ketones is 1. The van der Waals surface area contributed by atoms with Gasteiger partial charge in [-0.1, -0.05) is 30.3 Å². The Balaban J connectivity index is 2.69. The van der Waals surface area contributed by atoms with Crippen LogP contribution in [0, 0.1) is 0 Å². The zero-order valence-corrected chi connectivity index (χ0v) is 6.64. The molecule has 1 N–H and O–H groups in total. The molecule has 0 aliphatic rings. The average molecular weight is 170 g/mol. The summed E-state index contributed by atoms with van der Waals surface area (Å²) >= 11 is 5.18. The van der Waals surface area contributed by atoms with Crippen LogP contribution in [0.3, 0.4) is 0 Å². The molecule has 0 fully saturated rings. The quantitative estimate of drug-likeness (QED) is 0.550. The summed E-state index contributed by atoms with van der Waals surface area (Å²) in [6.07, 6.45) is 0. The Morgan fingerprint density at radius 1 is 1.36 bits per heavy atom. The molecule has 0 unspecified atom stereocenters. The zero-order chi connectivity index (χ0) is 8.10. The van der Waals surface area contributed by atoms with Crippen LogP contribution in [0.1, 0.15) is 10.4 Å². The molecule has 0 spiro atoms. The fraction of sp³-hybridized carbons (Fsp3) is 0.125. The smallest absolute Gasteiger partial charge is 0.177 e. The normalized spacial score (nSPS) is 9.55. The topological polar surface area (TPSA) is 29.1 Å². The summed E-state index contributed by atoms with van der Waals surface area (Å²) in [7, 11) is 0. The van der Waals surface area contributed by atoms with E-state index >= 15 is 0 Å². The number of nitrogens with one attached hydrogen (secondary N) is 1. The molecule has 1 aromatic rings. The van der Waals surface area contributed by atoms with Crippen LogP contribution in [-0.2, 0) is 0 Å². The van der Waals surface area contributed by atoms with Gasteiger partial charge in [0.15, 0.2) is 5.78 Å². The van der Waals surface area contributed by atoms with Crippen molar-refractivity contribution in [3.63, 3.8) is 0 Å². The number of hydrogen-bond acceptors (Lipinski definition) is 2. The van der Waals surface area contributed by atoms with Crippen LogP contribution in [-0.4, -0.2) is 12.3 Å². The van der Waals surface area contributed by atoms with Gasteiger partial charge in [0.1, 0.15) is 0 Å². The third-order valence-corrected chi connectivity index (χ3v) is 1.46. The van der Waals surface area contributed by atoms with E-state index in [1.807, 2.05) is 18.2 Å². The Kier molecular flexibility index (Phi) is 3.08. The van der Waals surface area contributed by atoms with Crippen LogP contribution >= 0.6 is 11.8 Å². The number of carbonyl (C=O) groups excluding carboxylic acids is 1. The Morgan fingerprint density at radius 3 is 2.55 bits per heavy atom. The highest BCUT2D eigenvalue weighted by Gasteiger charge is 2.01. The van der Waals surface area contributed by atoms with E-state index in [0.29, 0.717) is 5.56 Å². The molecule has 2 nitrogen and oxygen atoms in total. The number of halogens is 1. The number of hydrogen-bond donors (Lipinski definition) is 1. The maximum atomic E-state index is 11.1. The molecule has 0 radical (unpaired) electrons. The van der Waals surface area contributed by atoms with Gasteiger partial charge in [0.25, 0.3) is 0 Å². The van der Waals surface area contributed by atoms with Crippen LogP contribution in [0.2, 0.25) is 0 Å². The van der Waals surface area contributed by atoms with Crippen LogP contribution in [0.25, 0.3) is 0 Å². The first-order valence-electron chi connectivity index (χ1n) is 3.26. The lowest BCUT2D eigenvalue weighted by molar-refractivity contribution is 0.0997. The van der Waals surface area contributed by atoms with E-state index in [0.717, 1.165) is 0 Å². The standard InChI is InChI=1S/C8H8ClNO/c9-10-6-8(11)7-4-2-1-3-5-7/h1-5,10H,6H2. The highest BCUT2D eigenvalue weighted by Crippen LogP contribution is 1.98. The Hall–Kier alpha value is -0.860. The van der Waals surface area contributed by atoms with Crippen LogP contribution in [0.4, 0.5) is 0 Å². The summed E-state index contributed by atoms with van der Waals surface area (Å²) in [4.78, 5) is 13.4. The van der Waals surface area contributed by atoms with E-state index in [9.17, 15) is 4.79 Å². The van der Waals surface area contributed by atoms with Crippen LogP contribution < -0.4 is 4.84 Å². The molecule has 1 aromatic carbocycles. The molecule has 0 aromatic heterocycles. The van der Waals surface area contributed by atoms with Gasteiger partial charge < -0.3 is 0 Å². The number of Topliss-reactive ketones (excluding diaryl/α,β-unsaturated/α-hetero) is 1. The summed E-state index contributed by atoms with van der Waals surface area (Å²) in [5.41, 5.74) is 0.681. The van der Waals surface area contributed by atoms with E-state index < -0.39 is 0 Å². The van der Waals surface area contributed by atoms with Crippen molar-refractivity contribution in [1.29, 1.82) is 0 Å². The van der Waals surface area contributed by atoms with E-state index in [2.05, 4.69) is 4.84 Å². The molecule has 0 aliphatic carbocycles. The molecule has 0 amide bonds. The second-order valence-corrected chi connectivity index (χ2v) is 2.37. The van der Waals surface area contributed by atoms with Crippen molar-refractivity contribution in [1.82, 2.24) is 4.84 Å². The van der Waals surface area contributed by atoms with Gasteiger partial charge in [-0.3, -0.25) is 4.79 Å². The molecule has 0 bridgehead atoms. The van der Waals surface area contributed by atoms with Gasteiger partial charge >= 0.3 is 0 Å². The number of rotatable bonds is 3. The highest BCUT2D eigenvalue weighted by molar-refractivity contribution is 6.15. The van der Waals surface area contributed by atoms with Crippen molar-refractivity contribution in [2.75, 3.05) is 6.54 Å². The summed E-state index contributed by atoms with van der Waals surface area (Å²) in [5, 5.41) is 0. The monoisotopic (exact) mass is 169 g/mol. The lowest BCUT2D eigenvalue weighted by atomic mass is 10.1. The largest absolute Gasteiger partial charge is 0.293 e. The molecule has 1 rings (SSSR count). The van der Waals surface area contributed by atoms with Crippen LogP contribution in [0.5, 0.6) is 0 Å². The summed E-state index contributed by atoms with van der Waals surface area (Å²) in [5.74, 6) is 0.000556. The van der Waals surface area contributed by atoms with Crippen molar-refractivity contribution >= 4 is 17.6 Å². The Bertz CT molecular complexity index is 235. The van der Waals surface area contributed by atoms with Gasteiger partial charge in [-0.25, -0.2) is 4.84 Å². The second-order valence-electron chi connectivity index (χ2n) is 2.10. The Labute approximate surface area is 70.3 Å². The molecule has 0 saturated carbocycles. The van der Waals surface area contributed by atoms with Crippen molar-refractivity contribution in [3.8, 4) is 0 Å². The predicted molar refractivity (Wildman–Crippen MR) is 44.6 cm³/mol. The predicted octanol–water partition coefficient (Wildman–Crippen LogP) is 1.61. The Morgan fingerprint density at radius 2 is 2.00 bits per heavy atom. The van der Waals surface area contributed by atoms with Gasteiger partial charge in [0.05, 0.1) is 6.54 Å². The molecule has 3 heteroatoms. The fourth-order valence-electron chi connectivity index (χ4n) is 0.787. The number of carbonyl (C=O) groups is 1. The summed E-state index contributed by atoms with van der Waals surface area (Å²) in [6, 6.07) is 9.03. The molecular formula is C8H8ClNO. The van der Waals surface area contributed by atoms with E-state index in [-0.39, 0.29) is 12.3 Å². The van der Waals surface area contributed by atoms with Crippen molar-refractivity contribution in [2.24, 2.45) is 0 Å².